The van der Waals surface area contributed by atoms with Gasteiger partial charge < -0.3 is 15.0 Å². The molecule has 0 amide bonds. The van der Waals surface area contributed by atoms with Crippen molar-refractivity contribution in [1.29, 1.82) is 0 Å². The van der Waals surface area contributed by atoms with Gasteiger partial charge in [-0.15, -0.1) is 0 Å². The lowest BCUT2D eigenvalue weighted by molar-refractivity contribution is -0.0494. The second-order valence-corrected chi connectivity index (χ2v) is 8.02. The lowest BCUT2D eigenvalue weighted by Gasteiger charge is -2.30. The molecule has 0 aliphatic carbocycles. The predicted octanol–water partition coefficient (Wildman–Crippen LogP) is 2.52. The Morgan fingerprint density at radius 2 is 1.81 bits per heavy atom. The SMILES string of the molecule is CN(c1ccccc1OC(F)F)S(=O)(=O)c1cccc(N2CCNCC2)c1. The van der Waals surface area contributed by atoms with Crippen LogP contribution in [-0.4, -0.2) is 48.3 Å². The Hall–Kier alpha value is -2.39. The second kappa shape index (κ2) is 8.10. The second-order valence-electron chi connectivity index (χ2n) is 6.05. The molecule has 0 unspecified atom stereocenters. The lowest BCUT2D eigenvalue weighted by Crippen LogP contribution is -2.43. The van der Waals surface area contributed by atoms with Crippen LogP contribution in [0.4, 0.5) is 20.2 Å². The van der Waals surface area contributed by atoms with Crippen LogP contribution in [0.2, 0.25) is 0 Å². The number of piperazine rings is 1. The molecule has 1 N–H and O–H groups in total. The van der Waals surface area contributed by atoms with E-state index >= 15 is 0 Å². The molecule has 1 aliphatic rings. The third-order valence-corrected chi connectivity index (χ3v) is 6.15. The fraction of sp³-hybridized carbons (Fsp3) is 0.333. The molecule has 0 aromatic heterocycles. The Kier molecular flexibility index (Phi) is 5.81. The van der Waals surface area contributed by atoms with Crippen LogP contribution in [0, 0.1) is 0 Å². The van der Waals surface area contributed by atoms with Gasteiger partial charge in [0, 0.05) is 38.9 Å². The number of rotatable bonds is 6. The Morgan fingerprint density at radius 1 is 1.11 bits per heavy atom. The van der Waals surface area contributed by atoms with Gasteiger partial charge in [0.1, 0.15) is 5.75 Å². The molecule has 2 aromatic carbocycles. The zero-order chi connectivity index (χ0) is 19.4. The van der Waals surface area contributed by atoms with Crippen LogP contribution in [0.15, 0.2) is 53.4 Å². The highest BCUT2D eigenvalue weighted by molar-refractivity contribution is 7.92. The summed E-state index contributed by atoms with van der Waals surface area (Å²) in [4.78, 5) is 2.19. The number of nitrogens with zero attached hydrogens (tertiary/aromatic N) is 2. The van der Waals surface area contributed by atoms with Gasteiger partial charge in [0.15, 0.2) is 0 Å². The maximum Gasteiger partial charge on any atom is 0.387 e. The Bertz CT molecular complexity index is 887. The summed E-state index contributed by atoms with van der Waals surface area (Å²) in [6.07, 6.45) is 0. The normalized spacial score (nSPS) is 15.0. The number of benzene rings is 2. The molecular weight excluding hydrogens is 376 g/mol. The van der Waals surface area contributed by atoms with Crippen molar-refractivity contribution in [3.05, 3.63) is 48.5 Å². The van der Waals surface area contributed by atoms with E-state index in [1.807, 2.05) is 6.07 Å². The highest BCUT2D eigenvalue weighted by atomic mass is 32.2. The summed E-state index contributed by atoms with van der Waals surface area (Å²) in [5.41, 5.74) is 0.855. The van der Waals surface area contributed by atoms with Crippen LogP contribution in [0.25, 0.3) is 0 Å². The monoisotopic (exact) mass is 397 g/mol. The number of anilines is 2. The van der Waals surface area contributed by atoms with Crippen LogP contribution in [-0.2, 0) is 10.0 Å². The molecule has 3 rings (SSSR count). The standard InChI is InChI=1S/C18H21F2N3O3S/c1-22(16-7-2-3-8-17(16)26-18(19)20)27(24,25)15-6-4-5-14(13-15)23-11-9-21-10-12-23/h2-8,13,18,21H,9-12H2,1H3. The fourth-order valence-corrected chi connectivity index (χ4v) is 4.21. The number of nitrogens with one attached hydrogen (secondary N) is 1. The van der Waals surface area contributed by atoms with Crippen LogP contribution < -0.4 is 19.3 Å². The van der Waals surface area contributed by atoms with E-state index in [9.17, 15) is 17.2 Å². The largest absolute Gasteiger partial charge is 0.433 e. The van der Waals surface area contributed by atoms with Gasteiger partial charge in [-0.25, -0.2) is 8.42 Å². The molecule has 0 radical (unpaired) electrons. The van der Waals surface area contributed by atoms with Gasteiger partial charge in [-0.1, -0.05) is 18.2 Å². The van der Waals surface area contributed by atoms with Gasteiger partial charge in [0.2, 0.25) is 0 Å². The zero-order valence-corrected chi connectivity index (χ0v) is 15.6. The van der Waals surface area contributed by atoms with Crippen molar-refractivity contribution >= 4 is 21.4 Å². The van der Waals surface area contributed by atoms with Crippen molar-refractivity contribution in [3.63, 3.8) is 0 Å². The van der Waals surface area contributed by atoms with Crippen molar-refractivity contribution in [3.8, 4) is 5.75 Å². The van der Waals surface area contributed by atoms with Gasteiger partial charge in [-0.3, -0.25) is 4.31 Å². The molecule has 146 valence electrons. The van der Waals surface area contributed by atoms with Crippen molar-refractivity contribution in [2.24, 2.45) is 0 Å². The van der Waals surface area contributed by atoms with Crippen molar-refractivity contribution in [2.75, 3.05) is 42.4 Å². The van der Waals surface area contributed by atoms with E-state index in [0.29, 0.717) is 0 Å². The average Bonchev–Trinajstić information content (AvgIpc) is 2.68. The molecular formula is C18H21F2N3O3S. The third kappa shape index (κ3) is 4.30. The van der Waals surface area contributed by atoms with Crippen LogP contribution in [0.3, 0.4) is 0 Å². The highest BCUT2D eigenvalue weighted by Crippen LogP contribution is 2.33. The van der Waals surface area contributed by atoms with Crippen LogP contribution in [0.5, 0.6) is 5.75 Å². The first kappa shape index (κ1) is 19.4. The van der Waals surface area contributed by atoms with E-state index in [-0.39, 0.29) is 16.3 Å². The van der Waals surface area contributed by atoms with Crippen molar-refractivity contribution in [2.45, 2.75) is 11.5 Å². The average molecular weight is 397 g/mol. The first-order valence-electron chi connectivity index (χ1n) is 8.48. The van der Waals surface area contributed by atoms with E-state index in [1.54, 1.807) is 18.2 Å². The molecule has 27 heavy (non-hydrogen) atoms. The summed E-state index contributed by atoms with van der Waals surface area (Å²) in [6, 6.07) is 12.4. The van der Waals surface area contributed by atoms with Crippen LogP contribution >= 0.6 is 0 Å². The minimum atomic E-state index is -3.95. The number of halogens is 2. The molecule has 0 atom stereocenters. The first-order valence-corrected chi connectivity index (χ1v) is 9.92. The summed E-state index contributed by atoms with van der Waals surface area (Å²) in [5.74, 6) is -0.197. The van der Waals surface area contributed by atoms with E-state index < -0.39 is 16.6 Å². The maximum atomic E-state index is 13.1. The van der Waals surface area contributed by atoms with E-state index in [4.69, 9.17) is 0 Å². The maximum absolute atomic E-state index is 13.1. The van der Waals surface area contributed by atoms with Crippen molar-refractivity contribution < 1.29 is 21.9 Å². The molecule has 0 bridgehead atoms. The smallest absolute Gasteiger partial charge is 0.387 e. The first-order chi connectivity index (χ1) is 12.9. The van der Waals surface area contributed by atoms with E-state index in [1.165, 1.54) is 31.3 Å². The van der Waals surface area contributed by atoms with Gasteiger partial charge in [0.25, 0.3) is 10.0 Å². The van der Waals surface area contributed by atoms with Gasteiger partial charge in [-0.2, -0.15) is 8.78 Å². The summed E-state index contributed by atoms with van der Waals surface area (Å²) in [7, 11) is -2.63. The minimum Gasteiger partial charge on any atom is -0.433 e. The zero-order valence-electron chi connectivity index (χ0n) is 14.8. The predicted molar refractivity (Wildman–Crippen MR) is 100 cm³/mol. The summed E-state index contributed by atoms with van der Waals surface area (Å²) >= 11 is 0. The molecule has 2 aromatic rings. The topological polar surface area (TPSA) is 61.9 Å². The quantitative estimate of drug-likeness (QED) is 0.812. The summed E-state index contributed by atoms with van der Waals surface area (Å²) in [5, 5.41) is 3.25. The number of ether oxygens (including phenoxy) is 1. The van der Waals surface area contributed by atoms with Crippen LogP contribution in [0.1, 0.15) is 0 Å². The minimum absolute atomic E-state index is 0.0466. The number of alkyl halides is 2. The lowest BCUT2D eigenvalue weighted by atomic mass is 10.2. The third-order valence-electron chi connectivity index (χ3n) is 4.38. The van der Waals surface area contributed by atoms with Gasteiger partial charge in [-0.05, 0) is 30.3 Å². The molecule has 1 saturated heterocycles. The Labute approximate surface area is 157 Å². The van der Waals surface area contributed by atoms with E-state index in [0.717, 1.165) is 36.2 Å². The van der Waals surface area contributed by atoms with E-state index in [2.05, 4.69) is 15.0 Å². The number of hydrogen-bond donors (Lipinski definition) is 1. The number of hydrogen-bond acceptors (Lipinski definition) is 5. The summed E-state index contributed by atoms with van der Waals surface area (Å²) in [6.45, 7) is 0.178. The fourth-order valence-electron chi connectivity index (χ4n) is 2.96. The number of sulfonamides is 1. The molecule has 0 saturated carbocycles. The molecule has 1 heterocycles. The Balaban J connectivity index is 1.92. The molecule has 9 heteroatoms. The Morgan fingerprint density at radius 3 is 2.52 bits per heavy atom. The number of para-hydroxylation sites is 2. The van der Waals surface area contributed by atoms with Crippen molar-refractivity contribution in [1.82, 2.24) is 5.32 Å². The van der Waals surface area contributed by atoms with Gasteiger partial charge in [0.05, 0.1) is 10.6 Å². The van der Waals surface area contributed by atoms with Gasteiger partial charge >= 0.3 is 6.61 Å². The molecule has 1 fully saturated rings. The summed E-state index contributed by atoms with van der Waals surface area (Å²) < 4.78 is 56.8. The molecule has 6 nitrogen and oxygen atoms in total. The molecule has 1 aliphatic heterocycles. The molecule has 0 spiro atoms. The highest BCUT2D eigenvalue weighted by Gasteiger charge is 2.25.